The predicted octanol–water partition coefficient (Wildman–Crippen LogP) is 4.37. The molecule has 1 fully saturated rings. The second-order valence-electron chi connectivity index (χ2n) is 8.51. The summed E-state index contributed by atoms with van der Waals surface area (Å²) in [6, 6.07) is 8.82. The molecule has 3 heteroatoms. The molecule has 1 aromatic carbocycles. The van der Waals surface area contributed by atoms with Crippen LogP contribution in [-0.4, -0.2) is 35.7 Å². The van der Waals surface area contributed by atoms with E-state index in [1.165, 1.54) is 24.0 Å². The van der Waals surface area contributed by atoms with Gasteiger partial charge in [-0.2, -0.15) is 0 Å². The normalized spacial score (nSPS) is 18.1. The maximum atomic E-state index is 9.18. The summed E-state index contributed by atoms with van der Waals surface area (Å²) in [5.74, 6) is 0.693. The largest absolute Gasteiger partial charge is 0.399 e. The molecule has 3 nitrogen and oxygen atoms in total. The van der Waals surface area contributed by atoms with E-state index in [-0.39, 0.29) is 5.41 Å². The lowest BCUT2D eigenvalue weighted by Crippen LogP contribution is -2.43. The van der Waals surface area contributed by atoms with Gasteiger partial charge in [-0.1, -0.05) is 37.6 Å². The highest BCUT2D eigenvalue weighted by Gasteiger charge is 2.30. The lowest BCUT2D eigenvalue weighted by Gasteiger charge is -2.40. The summed E-state index contributed by atoms with van der Waals surface area (Å²) in [5, 5.41) is 9.18. The third-order valence-corrected chi connectivity index (χ3v) is 5.59. The Labute approximate surface area is 153 Å². The van der Waals surface area contributed by atoms with Crippen LogP contribution in [0.2, 0.25) is 0 Å². The van der Waals surface area contributed by atoms with Gasteiger partial charge in [-0.15, -0.1) is 0 Å². The number of hydrogen-bond acceptors (Lipinski definition) is 3. The molecule has 0 radical (unpaired) electrons. The third-order valence-electron chi connectivity index (χ3n) is 5.59. The summed E-state index contributed by atoms with van der Waals surface area (Å²) in [4.78, 5) is 2.64. The highest BCUT2D eigenvalue weighted by atomic mass is 16.3. The Hall–Kier alpha value is -1.32. The minimum atomic E-state index is 0.103. The van der Waals surface area contributed by atoms with Gasteiger partial charge in [-0.05, 0) is 81.6 Å². The molecule has 1 atom stereocenters. The molecule has 1 aliphatic rings. The number of nitrogens with zero attached hydrogens (tertiary/aromatic N) is 1. The summed E-state index contributed by atoms with van der Waals surface area (Å²) >= 11 is 0. The molecule has 0 saturated carbocycles. The molecule has 1 saturated heterocycles. The topological polar surface area (TPSA) is 49.5 Å². The van der Waals surface area contributed by atoms with Crippen molar-refractivity contribution in [1.82, 2.24) is 4.90 Å². The van der Waals surface area contributed by atoms with E-state index in [4.69, 9.17) is 5.73 Å². The summed E-state index contributed by atoms with van der Waals surface area (Å²) < 4.78 is 0. The average molecular weight is 345 g/mol. The van der Waals surface area contributed by atoms with Crippen LogP contribution < -0.4 is 5.73 Å². The van der Waals surface area contributed by atoms with Gasteiger partial charge in [-0.3, -0.25) is 4.90 Å². The Morgan fingerprint density at radius 1 is 1.24 bits per heavy atom. The minimum absolute atomic E-state index is 0.103. The monoisotopic (exact) mass is 344 g/mol. The number of rotatable bonds is 7. The molecule has 140 valence electrons. The number of anilines is 1. The number of aliphatic hydroxyl groups excluding tert-OH is 1. The van der Waals surface area contributed by atoms with E-state index in [0.717, 1.165) is 31.6 Å². The van der Waals surface area contributed by atoms with Crippen molar-refractivity contribution in [2.75, 3.05) is 25.4 Å². The number of hydrogen-bond donors (Lipinski definition) is 2. The second kappa shape index (κ2) is 8.86. The Morgan fingerprint density at radius 2 is 1.84 bits per heavy atom. The van der Waals surface area contributed by atoms with Crippen molar-refractivity contribution in [2.45, 2.75) is 64.8 Å². The summed E-state index contributed by atoms with van der Waals surface area (Å²) in [6.45, 7) is 11.7. The van der Waals surface area contributed by atoms with E-state index in [9.17, 15) is 5.11 Å². The lowest BCUT2D eigenvalue weighted by atomic mass is 9.78. The first-order chi connectivity index (χ1) is 11.8. The van der Waals surface area contributed by atoms with Crippen LogP contribution in [0.5, 0.6) is 0 Å². The van der Waals surface area contributed by atoms with Gasteiger partial charge in [0.05, 0.1) is 0 Å². The van der Waals surface area contributed by atoms with Crippen molar-refractivity contribution in [3.63, 3.8) is 0 Å². The first-order valence-electron chi connectivity index (χ1n) is 9.68. The van der Waals surface area contributed by atoms with Crippen molar-refractivity contribution < 1.29 is 5.11 Å². The predicted molar refractivity (Wildman–Crippen MR) is 108 cm³/mol. The van der Waals surface area contributed by atoms with Gasteiger partial charge < -0.3 is 10.8 Å². The number of allylic oxidation sites excluding steroid dienone is 1. The summed E-state index contributed by atoms with van der Waals surface area (Å²) in [7, 11) is 0. The van der Waals surface area contributed by atoms with Gasteiger partial charge >= 0.3 is 0 Å². The highest BCUT2D eigenvalue weighted by Crippen LogP contribution is 2.33. The Bertz CT molecular complexity index is 550. The molecule has 1 unspecified atom stereocenters. The number of benzene rings is 1. The van der Waals surface area contributed by atoms with E-state index in [1.807, 2.05) is 12.1 Å². The van der Waals surface area contributed by atoms with Crippen LogP contribution in [-0.2, 0) is 5.41 Å². The Morgan fingerprint density at radius 3 is 2.36 bits per heavy atom. The fourth-order valence-corrected chi connectivity index (χ4v) is 4.01. The number of likely N-dealkylation sites (tertiary alicyclic amines) is 1. The minimum Gasteiger partial charge on any atom is -0.399 e. The van der Waals surface area contributed by atoms with E-state index in [1.54, 1.807) is 0 Å². The van der Waals surface area contributed by atoms with E-state index in [0.29, 0.717) is 18.6 Å². The maximum Gasteiger partial charge on any atom is 0.0433 e. The molecule has 0 bridgehead atoms. The zero-order valence-electron chi connectivity index (χ0n) is 16.5. The molecule has 1 aliphatic heterocycles. The molecule has 0 spiro atoms. The first kappa shape index (κ1) is 20.0. The van der Waals surface area contributed by atoms with Gasteiger partial charge in [0.1, 0.15) is 0 Å². The second-order valence-corrected chi connectivity index (χ2v) is 8.51. The SMILES string of the molecule is CC(C)=CC(CC(C)(C)c1ccc(N)cc1)N1CCC(CCO)CC1. The molecule has 1 aromatic rings. The van der Waals surface area contributed by atoms with Crippen LogP contribution in [0.1, 0.15) is 58.9 Å². The van der Waals surface area contributed by atoms with Crippen LogP contribution in [0.25, 0.3) is 0 Å². The van der Waals surface area contributed by atoms with Gasteiger partial charge in [0.25, 0.3) is 0 Å². The van der Waals surface area contributed by atoms with Crippen molar-refractivity contribution >= 4 is 5.69 Å². The smallest absolute Gasteiger partial charge is 0.0433 e. The van der Waals surface area contributed by atoms with Crippen LogP contribution in [0.15, 0.2) is 35.9 Å². The Kier molecular flexibility index (Phi) is 7.09. The molecule has 0 aliphatic carbocycles. The zero-order chi connectivity index (χ0) is 18.4. The van der Waals surface area contributed by atoms with Gasteiger partial charge in [0, 0.05) is 18.3 Å². The molecule has 0 aromatic heterocycles. The van der Waals surface area contributed by atoms with E-state index < -0.39 is 0 Å². The zero-order valence-corrected chi connectivity index (χ0v) is 16.5. The molecular formula is C22H36N2O. The van der Waals surface area contributed by atoms with Crippen molar-refractivity contribution in [2.24, 2.45) is 5.92 Å². The number of nitrogens with two attached hydrogens (primary N) is 1. The van der Waals surface area contributed by atoms with E-state index >= 15 is 0 Å². The Balaban J connectivity index is 2.10. The molecular weight excluding hydrogens is 308 g/mol. The lowest BCUT2D eigenvalue weighted by molar-refractivity contribution is 0.122. The number of nitrogen functional groups attached to an aromatic ring is 1. The highest BCUT2D eigenvalue weighted by molar-refractivity contribution is 5.41. The van der Waals surface area contributed by atoms with Crippen LogP contribution in [0.4, 0.5) is 5.69 Å². The maximum absolute atomic E-state index is 9.18. The van der Waals surface area contributed by atoms with Crippen LogP contribution in [0, 0.1) is 5.92 Å². The number of piperidine rings is 1. The fraction of sp³-hybridized carbons (Fsp3) is 0.636. The van der Waals surface area contributed by atoms with Crippen LogP contribution in [0.3, 0.4) is 0 Å². The van der Waals surface area contributed by atoms with Gasteiger partial charge in [0.2, 0.25) is 0 Å². The molecule has 0 amide bonds. The fourth-order valence-electron chi connectivity index (χ4n) is 4.01. The molecule has 3 N–H and O–H groups in total. The quantitative estimate of drug-likeness (QED) is 0.570. The van der Waals surface area contributed by atoms with Crippen molar-refractivity contribution in [1.29, 1.82) is 0 Å². The molecule has 25 heavy (non-hydrogen) atoms. The average Bonchev–Trinajstić information content (AvgIpc) is 2.55. The first-order valence-corrected chi connectivity index (χ1v) is 9.68. The third kappa shape index (κ3) is 5.86. The van der Waals surface area contributed by atoms with Gasteiger partial charge in [-0.25, -0.2) is 0 Å². The molecule has 2 rings (SSSR count). The van der Waals surface area contributed by atoms with Gasteiger partial charge in [0.15, 0.2) is 0 Å². The summed E-state index contributed by atoms with van der Waals surface area (Å²) in [6.07, 6.45) is 6.90. The van der Waals surface area contributed by atoms with E-state index in [2.05, 4.69) is 50.8 Å². The standard InChI is InChI=1S/C22H36N2O/c1-17(2)15-21(24-12-9-18(10-13-24)11-14-25)16-22(3,4)19-5-7-20(23)8-6-19/h5-8,15,18,21,25H,9-14,16,23H2,1-4H3. The van der Waals surface area contributed by atoms with Crippen LogP contribution >= 0.6 is 0 Å². The number of aliphatic hydroxyl groups is 1. The van der Waals surface area contributed by atoms with Crippen molar-refractivity contribution in [3.8, 4) is 0 Å². The van der Waals surface area contributed by atoms with Crippen molar-refractivity contribution in [3.05, 3.63) is 41.5 Å². The summed E-state index contributed by atoms with van der Waals surface area (Å²) in [5.41, 5.74) is 9.52. The molecule has 1 heterocycles.